The minimum Gasteiger partial charge on any atom is -0.309 e. The van der Waals surface area contributed by atoms with Crippen LogP contribution < -0.4 is 10.6 Å². The first kappa shape index (κ1) is 19.7. The zero-order valence-corrected chi connectivity index (χ0v) is 16.0. The van der Waals surface area contributed by atoms with Crippen LogP contribution in [0.4, 0.5) is 14.6 Å². The molecule has 146 valence electrons. The van der Waals surface area contributed by atoms with Gasteiger partial charge in [-0.1, -0.05) is 23.8 Å². The van der Waals surface area contributed by atoms with E-state index in [1.54, 1.807) is 17.7 Å². The van der Waals surface area contributed by atoms with Gasteiger partial charge in [-0.2, -0.15) is 5.10 Å². The van der Waals surface area contributed by atoms with Crippen molar-refractivity contribution in [3.63, 3.8) is 0 Å². The van der Waals surface area contributed by atoms with Gasteiger partial charge in [0.15, 0.2) is 0 Å². The number of rotatable bonds is 6. The first-order valence-electron chi connectivity index (χ1n) is 8.95. The molecule has 0 spiro atoms. The van der Waals surface area contributed by atoms with Crippen LogP contribution in [-0.2, 0) is 4.79 Å². The van der Waals surface area contributed by atoms with Gasteiger partial charge in [-0.3, -0.25) is 4.79 Å². The quantitative estimate of drug-likeness (QED) is 0.674. The Morgan fingerprint density at radius 2 is 1.82 bits per heavy atom. The molecule has 2 aromatic carbocycles. The van der Waals surface area contributed by atoms with E-state index in [2.05, 4.69) is 15.7 Å². The smallest absolute Gasteiger partial charge is 0.239 e. The molecular formula is C21H22F2N4O. The number of benzene rings is 2. The molecule has 1 unspecified atom stereocenters. The monoisotopic (exact) mass is 384 g/mol. The number of hydrogen-bond donors (Lipinski definition) is 2. The van der Waals surface area contributed by atoms with Gasteiger partial charge in [-0.25, -0.2) is 13.5 Å². The van der Waals surface area contributed by atoms with Crippen molar-refractivity contribution in [2.24, 2.45) is 0 Å². The molecule has 5 nitrogen and oxygen atoms in total. The second-order valence-corrected chi connectivity index (χ2v) is 6.73. The molecule has 0 aliphatic rings. The third-order valence-electron chi connectivity index (χ3n) is 4.38. The summed E-state index contributed by atoms with van der Waals surface area (Å²) in [5.74, 6) is -1.02. The van der Waals surface area contributed by atoms with E-state index >= 15 is 0 Å². The van der Waals surface area contributed by atoms with Gasteiger partial charge in [-0.05, 0) is 39.0 Å². The molecule has 0 radical (unpaired) electrons. The summed E-state index contributed by atoms with van der Waals surface area (Å²) in [5, 5.41) is 10.2. The van der Waals surface area contributed by atoms with Gasteiger partial charge in [-0.15, -0.1) is 0 Å². The van der Waals surface area contributed by atoms with Gasteiger partial charge in [0.1, 0.15) is 17.5 Å². The molecule has 3 rings (SSSR count). The van der Waals surface area contributed by atoms with Crippen LogP contribution in [0.5, 0.6) is 0 Å². The Kier molecular flexibility index (Phi) is 5.84. The van der Waals surface area contributed by atoms with E-state index in [1.165, 1.54) is 12.1 Å². The van der Waals surface area contributed by atoms with Crippen LogP contribution in [-0.4, -0.2) is 22.2 Å². The van der Waals surface area contributed by atoms with Crippen LogP contribution in [0.15, 0.2) is 48.5 Å². The molecule has 0 aliphatic heterocycles. The largest absolute Gasteiger partial charge is 0.309 e. The maximum absolute atomic E-state index is 13.9. The first-order valence-corrected chi connectivity index (χ1v) is 8.95. The van der Waals surface area contributed by atoms with Crippen LogP contribution in [0.2, 0.25) is 0 Å². The topological polar surface area (TPSA) is 59.0 Å². The Morgan fingerprint density at radius 1 is 1.11 bits per heavy atom. The summed E-state index contributed by atoms with van der Waals surface area (Å²) in [6.07, 6.45) is 0. The second-order valence-electron chi connectivity index (χ2n) is 6.73. The van der Waals surface area contributed by atoms with Crippen LogP contribution in [0, 0.1) is 25.5 Å². The van der Waals surface area contributed by atoms with Gasteiger partial charge >= 0.3 is 0 Å². The minimum atomic E-state index is -0.645. The van der Waals surface area contributed by atoms with Crippen LogP contribution in [0.25, 0.3) is 5.69 Å². The van der Waals surface area contributed by atoms with Gasteiger partial charge in [0.05, 0.1) is 17.9 Å². The summed E-state index contributed by atoms with van der Waals surface area (Å²) in [7, 11) is 0. The molecule has 1 amide bonds. The lowest BCUT2D eigenvalue weighted by Crippen LogP contribution is -2.31. The molecule has 0 saturated carbocycles. The number of nitrogens with one attached hydrogen (secondary N) is 2. The second kappa shape index (κ2) is 8.31. The molecule has 1 heterocycles. The van der Waals surface area contributed by atoms with Crippen molar-refractivity contribution in [3.8, 4) is 5.69 Å². The molecule has 0 saturated heterocycles. The summed E-state index contributed by atoms with van der Waals surface area (Å²) in [6.45, 7) is 5.52. The van der Waals surface area contributed by atoms with E-state index in [9.17, 15) is 13.6 Å². The number of hydrogen-bond acceptors (Lipinski definition) is 3. The SMILES string of the molecule is Cc1ccc(-n2nc(C)cc2NC(=O)CNC(C)c2ccc(F)cc2F)cc1. The molecule has 3 aromatic rings. The fourth-order valence-corrected chi connectivity index (χ4v) is 2.87. The Balaban J connectivity index is 1.66. The summed E-state index contributed by atoms with van der Waals surface area (Å²) in [6, 6.07) is 12.5. The zero-order valence-electron chi connectivity index (χ0n) is 16.0. The lowest BCUT2D eigenvalue weighted by Gasteiger charge is -2.15. The molecule has 1 aromatic heterocycles. The van der Waals surface area contributed by atoms with E-state index in [4.69, 9.17) is 0 Å². The maximum Gasteiger partial charge on any atom is 0.239 e. The highest BCUT2D eigenvalue weighted by atomic mass is 19.1. The zero-order chi connectivity index (χ0) is 20.3. The fraction of sp³-hybridized carbons (Fsp3) is 0.238. The maximum atomic E-state index is 13.9. The summed E-state index contributed by atoms with van der Waals surface area (Å²) < 4.78 is 28.6. The molecule has 7 heteroatoms. The van der Waals surface area contributed by atoms with Gasteiger partial charge in [0.2, 0.25) is 5.91 Å². The van der Waals surface area contributed by atoms with Gasteiger partial charge < -0.3 is 10.6 Å². The third kappa shape index (κ3) is 4.61. The Labute approximate surface area is 162 Å². The fourth-order valence-electron chi connectivity index (χ4n) is 2.87. The molecule has 0 aliphatic carbocycles. The van der Waals surface area contributed by atoms with E-state index in [0.717, 1.165) is 23.0 Å². The number of anilines is 1. The number of aromatic nitrogens is 2. The Bertz CT molecular complexity index is 983. The number of amides is 1. The number of carbonyl (C=O) groups excluding carboxylic acids is 1. The predicted octanol–water partition coefficient (Wildman–Crippen LogP) is 4.06. The van der Waals surface area contributed by atoms with E-state index < -0.39 is 17.7 Å². The van der Waals surface area contributed by atoms with Crippen molar-refractivity contribution in [2.45, 2.75) is 26.8 Å². The average Bonchev–Trinajstić information content (AvgIpc) is 3.00. The van der Waals surface area contributed by atoms with Crippen molar-refractivity contribution < 1.29 is 13.6 Å². The van der Waals surface area contributed by atoms with Crippen LogP contribution in [0.1, 0.15) is 29.8 Å². The van der Waals surface area contributed by atoms with Gasteiger partial charge in [0.25, 0.3) is 0 Å². The summed E-state index contributed by atoms with van der Waals surface area (Å²) in [5.41, 5.74) is 3.04. The van der Waals surface area contributed by atoms with Crippen molar-refractivity contribution in [2.75, 3.05) is 11.9 Å². The predicted molar refractivity (Wildman–Crippen MR) is 104 cm³/mol. The lowest BCUT2D eigenvalue weighted by atomic mass is 10.1. The van der Waals surface area contributed by atoms with Gasteiger partial charge in [0, 0.05) is 23.7 Å². The first-order chi connectivity index (χ1) is 13.3. The highest BCUT2D eigenvalue weighted by Crippen LogP contribution is 2.19. The molecular weight excluding hydrogens is 362 g/mol. The van der Waals surface area contributed by atoms with Crippen molar-refractivity contribution in [1.82, 2.24) is 15.1 Å². The number of halogens is 2. The highest BCUT2D eigenvalue weighted by Gasteiger charge is 2.15. The summed E-state index contributed by atoms with van der Waals surface area (Å²) in [4.78, 5) is 12.4. The third-order valence-corrected chi connectivity index (χ3v) is 4.38. The van der Waals surface area contributed by atoms with E-state index in [-0.39, 0.29) is 12.5 Å². The molecule has 0 bridgehead atoms. The normalized spacial score (nSPS) is 12.0. The minimum absolute atomic E-state index is 0.0316. The van der Waals surface area contributed by atoms with Crippen LogP contribution in [0.3, 0.4) is 0 Å². The molecule has 1 atom stereocenters. The van der Waals surface area contributed by atoms with Crippen molar-refractivity contribution in [1.29, 1.82) is 0 Å². The number of aryl methyl sites for hydroxylation is 2. The molecule has 2 N–H and O–H groups in total. The van der Waals surface area contributed by atoms with Crippen LogP contribution >= 0.6 is 0 Å². The Hall–Kier alpha value is -3.06. The lowest BCUT2D eigenvalue weighted by molar-refractivity contribution is -0.115. The standard InChI is InChI=1S/C21H22F2N4O/c1-13-4-7-17(8-5-13)27-20(10-14(2)26-27)25-21(28)12-24-15(3)18-9-6-16(22)11-19(18)23/h4-11,15,24H,12H2,1-3H3,(H,25,28). The van der Waals surface area contributed by atoms with E-state index in [0.29, 0.717) is 11.4 Å². The number of carbonyl (C=O) groups is 1. The average molecular weight is 384 g/mol. The molecule has 28 heavy (non-hydrogen) atoms. The number of nitrogens with zero attached hydrogens (tertiary/aromatic N) is 2. The van der Waals surface area contributed by atoms with E-state index in [1.807, 2.05) is 38.1 Å². The molecule has 0 fully saturated rings. The Morgan fingerprint density at radius 3 is 2.50 bits per heavy atom. The van der Waals surface area contributed by atoms with Crippen molar-refractivity contribution >= 4 is 11.7 Å². The van der Waals surface area contributed by atoms with Crippen molar-refractivity contribution in [3.05, 3.63) is 77.0 Å². The highest BCUT2D eigenvalue weighted by molar-refractivity contribution is 5.91. The summed E-state index contributed by atoms with van der Waals surface area (Å²) >= 11 is 0.